The number of halogens is 3. The fraction of sp³-hybridized carbons (Fsp3) is 0.382. The van der Waals surface area contributed by atoms with Crippen molar-refractivity contribution in [1.29, 1.82) is 0 Å². The number of anilines is 1. The number of amides is 1. The van der Waals surface area contributed by atoms with Crippen LogP contribution in [0, 0.1) is 5.92 Å². The first-order chi connectivity index (χ1) is 23.4. The van der Waals surface area contributed by atoms with E-state index >= 15 is 0 Å². The van der Waals surface area contributed by atoms with Crippen LogP contribution >= 0.6 is 0 Å². The quantitative estimate of drug-likeness (QED) is 0.270. The summed E-state index contributed by atoms with van der Waals surface area (Å²) in [6.45, 7) is 2.75. The zero-order chi connectivity index (χ0) is 34.9. The Hall–Kier alpha value is -5.18. The van der Waals surface area contributed by atoms with Gasteiger partial charge >= 0.3 is 17.8 Å². The molecular weight excluding hydrogens is 643 g/mol. The van der Waals surface area contributed by atoms with E-state index < -0.39 is 23.4 Å². The van der Waals surface area contributed by atoms with E-state index in [0.29, 0.717) is 35.6 Å². The Labute approximate surface area is 278 Å². The number of rotatable bonds is 7. The second-order valence-corrected chi connectivity index (χ2v) is 12.5. The third-order valence-electron chi connectivity index (χ3n) is 9.27. The molecule has 7 rings (SSSR count). The summed E-state index contributed by atoms with van der Waals surface area (Å²) in [6, 6.07) is 18.4. The number of hydrogen-bond acceptors (Lipinski definition) is 7. The molecule has 0 saturated carbocycles. The number of allylic oxidation sites excluding steroid dienone is 1. The van der Waals surface area contributed by atoms with Crippen molar-refractivity contribution < 1.29 is 27.9 Å². The second-order valence-electron chi connectivity index (χ2n) is 12.5. The summed E-state index contributed by atoms with van der Waals surface area (Å²) in [4.78, 5) is 56.7. The largest absolute Gasteiger partial charge is 0.490 e. The van der Waals surface area contributed by atoms with E-state index in [1.165, 1.54) is 15.7 Å². The van der Waals surface area contributed by atoms with Crippen molar-refractivity contribution in [2.24, 2.45) is 13.0 Å². The van der Waals surface area contributed by atoms with Crippen LogP contribution in [0.5, 0.6) is 0 Å². The monoisotopic (exact) mass is 679 g/mol. The van der Waals surface area contributed by atoms with Gasteiger partial charge in [-0.1, -0.05) is 66.7 Å². The number of alkyl halides is 3. The molecule has 258 valence electrons. The van der Waals surface area contributed by atoms with Crippen LogP contribution in [0.4, 0.5) is 19.1 Å². The first-order valence-corrected chi connectivity index (χ1v) is 16.0. The Kier molecular flexibility index (Phi) is 9.45. The fourth-order valence-electron chi connectivity index (χ4n) is 6.93. The summed E-state index contributed by atoms with van der Waals surface area (Å²) >= 11 is 0. The van der Waals surface area contributed by atoms with Gasteiger partial charge in [-0.05, 0) is 41.9 Å². The summed E-state index contributed by atoms with van der Waals surface area (Å²) in [5.74, 6) is -1.88. The molecule has 15 heteroatoms. The van der Waals surface area contributed by atoms with Crippen molar-refractivity contribution >= 4 is 35.1 Å². The molecule has 12 nitrogen and oxygen atoms in total. The number of nitrogens with one attached hydrogen (secondary N) is 2. The predicted molar refractivity (Wildman–Crippen MR) is 176 cm³/mol. The van der Waals surface area contributed by atoms with Crippen LogP contribution in [-0.4, -0.2) is 73.6 Å². The summed E-state index contributed by atoms with van der Waals surface area (Å²) in [6.07, 6.45) is 1.48. The van der Waals surface area contributed by atoms with E-state index in [4.69, 9.17) is 14.9 Å². The van der Waals surface area contributed by atoms with Gasteiger partial charge in [-0.2, -0.15) is 18.2 Å². The molecule has 1 amide bonds. The number of aromatic nitrogens is 4. The lowest BCUT2D eigenvalue weighted by Crippen LogP contribution is -2.45. The highest BCUT2D eigenvalue weighted by molar-refractivity contribution is 5.78. The Morgan fingerprint density at radius 2 is 1.67 bits per heavy atom. The standard InChI is InChI=1S/C32H35N7O3.C2HF3O2/c1-36-29-28(30(41)39(32(36)42)20-27(40)34-25-16-22-11-5-6-12-23(22)17-25)38(14-7-10-21-8-3-2-4-9-21)31(35-29)37-15-13-24-18-33-19-26(24)37;3-2(4,5)1(6)7/h2-12,24-26,33H,13-20H2,1H3,(H,34,40);(H,6,7). The van der Waals surface area contributed by atoms with Crippen LogP contribution in [0.25, 0.3) is 17.2 Å². The summed E-state index contributed by atoms with van der Waals surface area (Å²) < 4.78 is 36.1. The molecule has 2 aromatic carbocycles. The van der Waals surface area contributed by atoms with Crippen LogP contribution < -0.4 is 26.8 Å². The van der Waals surface area contributed by atoms with Gasteiger partial charge in [0, 0.05) is 45.3 Å². The van der Waals surface area contributed by atoms with Crippen LogP contribution in [0.15, 0.2) is 70.3 Å². The molecule has 2 fully saturated rings. The molecule has 2 aliphatic heterocycles. The number of aliphatic carboxylic acids is 1. The number of carboxylic acids is 1. The summed E-state index contributed by atoms with van der Waals surface area (Å²) in [5, 5.41) is 13.6. The fourth-order valence-corrected chi connectivity index (χ4v) is 6.93. The van der Waals surface area contributed by atoms with Crippen LogP contribution in [-0.2, 0) is 42.6 Å². The van der Waals surface area contributed by atoms with Crippen molar-refractivity contribution in [3.8, 4) is 0 Å². The number of fused-ring (bicyclic) bond motifs is 3. The number of imidazole rings is 1. The van der Waals surface area contributed by atoms with Gasteiger partial charge in [0.2, 0.25) is 11.9 Å². The first-order valence-electron chi connectivity index (χ1n) is 16.0. The third kappa shape index (κ3) is 7.02. The molecule has 49 heavy (non-hydrogen) atoms. The molecule has 2 aromatic heterocycles. The zero-order valence-corrected chi connectivity index (χ0v) is 26.7. The summed E-state index contributed by atoms with van der Waals surface area (Å²) in [7, 11) is 1.62. The maximum atomic E-state index is 14.0. The zero-order valence-electron chi connectivity index (χ0n) is 26.7. The minimum absolute atomic E-state index is 0.0541. The molecule has 1 aliphatic carbocycles. The number of aryl methyl sites for hydroxylation is 1. The van der Waals surface area contributed by atoms with Gasteiger partial charge < -0.3 is 25.2 Å². The number of benzene rings is 2. The van der Waals surface area contributed by atoms with E-state index in [2.05, 4.69) is 27.7 Å². The molecule has 2 atom stereocenters. The third-order valence-corrected chi connectivity index (χ3v) is 9.27. The topological polar surface area (TPSA) is 143 Å². The Balaban J connectivity index is 0.000000540. The molecule has 0 radical (unpaired) electrons. The van der Waals surface area contributed by atoms with Gasteiger partial charge in [-0.15, -0.1) is 0 Å². The highest BCUT2D eigenvalue weighted by Gasteiger charge is 2.40. The van der Waals surface area contributed by atoms with Gasteiger partial charge in [0.15, 0.2) is 11.2 Å². The Bertz CT molecular complexity index is 1990. The highest BCUT2D eigenvalue weighted by Crippen LogP contribution is 2.33. The van der Waals surface area contributed by atoms with Crippen molar-refractivity contribution in [3.63, 3.8) is 0 Å². The van der Waals surface area contributed by atoms with Crippen molar-refractivity contribution in [2.45, 2.75) is 50.6 Å². The number of carbonyl (C=O) groups excluding carboxylic acids is 1. The van der Waals surface area contributed by atoms with Gasteiger partial charge in [0.05, 0.1) is 0 Å². The number of hydrogen-bond donors (Lipinski definition) is 3. The average molecular weight is 680 g/mol. The Morgan fingerprint density at radius 3 is 2.33 bits per heavy atom. The minimum Gasteiger partial charge on any atom is -0.475 e. The smallest absolute Gasteiger partial charge is 0.475 e. The SMILES string of the molecule is Cn1c(=O)n(CC(=O)NC2Cc3ccccc3C2)c(=O)c2c1nc(N1CCC3CNCC31)n2CC=Cc1ccccc1.O=C(O)C(F)(F)F. The average Bonchev–Trinajstić information content (AvgIpc) is 3.85. The molecular formula is C34H36F3N7O5. The summed E-state index contributed by atoms with van der Waals surface area (Å²) in [5.41, 5.74) is 3.13. The highest BCUT2D eigenvalue weighted by atomic mass is 19.4. The van der Waals surface area contributed by atoms with Gasteiger partial charge in [0.25, 0.3) is 5.56 Å². The number of nitrogens with zero attached hydrogens (tertiary/aromatic N) is 5. The maximum absolute atomic E-state index is 14.0. The maximum Gasteiger partial charge on any atom is 0.490 e. The number of carboxylic acid groups (broad SMARTS) is 1. The molecule has 4 aromatic rings. The van der Waals surface area contributed by atoms with Crippen LogP contribution in [0.2, 0.25) is 0 Å². The van der Waals surface area contributed by atoms with E-state index in [0.717, 1.165) is 49.0 Å². The lowest BCUT2D eigenvalue weighted by atomic mass is 10.1. The normalized spacial score (nSPS) is 18.8. The van der Waals surface area contributed by atoms with Crippen LogP contribution in [0.3, 0.4) is 0 Å². The van der Waals surface area contributed by atoms with Gasteiger partial charge in [-0.3, -0.25) is 14.2 Å². The molecule has 0 bridgehead atoms. The Morgan fingerprint density at radius 1 is 1.02 bits per heavy atom. The number of carbonyl (C=O) groups is 2. The molecule has 0 spiro atoms. The van der Waals surface area contributed by atoms with Crippen molar-refractivity contribution in [3.05, 3.63) is 98.2 Å². The lowest BCUT2D eigenvalue weighted by Gasteiger charge is -2.25. The lowest BCUT2D eigenvalue weighted by molar-refractivity contribution is -0.192. The predicted octanol–water partition coefficient (Wildman–Crippen LogP) is 2.33. The molecule has 3 aliphatic rings. The van der Waals surface area contributed by atoms with E-state index in [-0.39, 0.29) is 18.5 Å². The van der Waals surface area contributed by atoms with Gasteiger partial charge in [0.1, 0.15) is 6.54 Å². The second kappa shape index (κ2) is 13.7. The molecule has 3 N–H and O–H groups in total. The van der Waals surface area contributed by atoms with Crippen LogP contribution in [0.1, 0.15) is 23.1 Å². The molecule has 2 unspecified atom stereocenters. The van der Waals surface area contributed by atoms with E-state index in [9.17, 15) is 27.6 Å². The van der Waals surface area contributed by atoms with Crippen molar-refractivity contribution in [2.75, 3.05) is 24.5 Å². The molecule has 2 saturated heterocycles. The molecule has 4 heterocycles. The van der Waals surface area contributed by atoms with Crippen molar-refractivity contribution in [1.82, 2.24) is 29.3 Å². The van der Waals surface area contributed by atoms with E-state index in [1.807, 2.05) is 59.2 Å². The first kappa shape index (κ1) is 33.7. The minimum atomic E-state index is -5.08. The van der Waals surface area contributed by atoms with E-state index in [1.54, 1.807) is 7.05 Å². The van der Waals surface area contributed by atoms with Gasteiger partial charge in [-0.25, -0.2) is 14.2 Å².